The fourth-order valence-corrected chi connectivity index (χ4v) is 2.38. The van der Waals surface area contributed by atoms with Gasteiger partial charge in [-0.1, -0.05) is 17.8 Å². The normalized spacial score (nSPS) is 10.3. The van der Waals surface area contributed by atoms with Gasteiger partial charge in [0.05, 0.1) is 4.92 Å². The lowest BCUT2D eigenvalue weighted by atomic mass is 10.3. The summed E-state index contributed by atoms with van der Waals surface area (Å²) in [7, 11) is 0. The van der Waals surface area contributed by atoms with E-state index in [1.165, 1.54) is 6.07 Å². The fourth-order valence-electron chi connectivity index (χ4n) is 1.40. The van der Waals surface area contributed by atoms with Crippen LogP contribution in [0.3, 0.4) is 0 Å². The second kappa shape index (κ2) is 5.05. The molecule has 92 valence electrons. The summed E-state index contributed by atoms with van der Waals surface area (Å²) in [6, 6.07) is 9.57. The number of aromatic hydroxyl groups is 1. The molecule has 0 unspecified atom stereocenters. The molecule has 18 heavy (non-hydrogen) atoms. The Kier molecular flexibility index (Phi) is 3.47. The van der Waals surface area contributed by atoms with Crippen LogP contribution in [0.5, 0.6) is 5.75 Å². The van der Waals surface area contributed by atoms with E-state index < -0.39 is 4.92 Å². The van der Waals surface area contributed by atoms with Crippen molar-refractivity contribution in [2.24, 2.45) is 0 Å². The predicted molar refractivity (Wildman–Crippen MR) is 67.9 cm³/mol. The van der Waals surface area contributed by atoms with Gasteiger partial charge in [-0.05, 0) is 31.2 Å². The van der Waals surface area contributed by atoms with E-state index in [0.29, 0.717) is 15.6 Å². The van der Waals surface area contributed by atoms with E-state index in [0.717, 1.165) is 11.8 Å². The molecule has 0 atom stereocenters. The summed E-state index contributed by atoms with van der Waals surface area (Å²) < 4.78 is 0. The first-order chi connectivity index (χ1) is 8.56. The molecule has 0 amide bonds. The van der Waals surface area contributed by atoms with Crippen LogP contribution in [0.2, 0.25) is 0 Å². The number of hydrogen-bond donors (Lipinski definition) is 1. The van der Waals surface area contributed by atoms with Crippen molar-refractivity contribution in [2.75, 3.05) is 0 Å². The van der Waals surface area contributed by atoms with Crippen LogP contribution >= 0.6 is 11.8 Å². The molecular weight excluding hydrogens is 252 g/mol. The number of rotatable bonds is 3. The van der Waals surface area contributed by atoms with Crippen molar-refractivity contribution >= 4 is 17.4 Å². The van der Waals surface area contributed by atoms with Gasteiger partial charge in [0.15, 0.2) is 5.03 Å². The van der Waals surface area contributed by atoms with E-state index in [2.05, 4.69) is 4.98 Å². The molecule has 5 nitrogen and oxygen atoms in total. The number of pyridine rings is 1. The van der Waals surface area contributed by atoms with Gasteiger partial charge >= 0.3 is 5.69 Å². The first kappa shape index (κ1) is 12.4. The van der Waals surface area contributed by atoms with E-state index in [4.69, 9.17) is 0 Å². The molecule has 1 aromatic carbocycles. The molecular formula is C12H10N2O3S. The van der Waals surface area contributed by atoms with E-state index in [9.17, 15) is 15.2 Å². The average Bonchev–Trinajstić information content (AvgIpc) is 2.28. The number of phenols is 1. The molecule has 1 aromatic heterocycles. The minimum atomic E-state index is -0.461. The zero-order valence-corrected chi connectivity index (χ0v) is 10.3. The highest BCUT2D eigenvalue weighted by molar-refractivity contribution is 7.99. The lowest BCUT2D eigenvalue weighted by molar-refractivity contribution is -0.388. The topological polar surface area (TPSA) is 76.3 Å². The summed E-state index contributed by atoms with van der Waals surface area (Å²) in [4.78, 5) is 15.3. The van der Waals surface area contributed by atoms with Gasteiger partial charge in [-0.25, -0.2) is 4.98 Å². The lowest BCUT2D eigenvalue weighted by Crippen LogP contribution is -1.94. The number of nitrogens with zero attached hydrogens (tertiary/aromatic N) is 2. The van der Waals surface area contributed by atoms with Gasteiger partial charge < -0.3 is 5.11 Å². The molecule has 0 fully saturated rings. The van der Waals surface area contributed by atoms with Crippen LogP contribution in [0.4, 0.5) is 5.69 Å². The average molecular weight is 262 g/mol. The molecule has 6 heteroatoms. The van der Waals surface area contributed by atoms with Gasteiger partial charge in [0.25, 0.3) is 0 Å². The second-order valence-electron chi connectivity index (χ2n) is 3.63. The molecule has 0 aliphatic rings. The van der Waals surface area contributed by atoms with Crippen LogP contribution in [0.15, 0.2) is 46.3 Å². The van der Waals surface area contributed by atoms with Crippen molar-refractivity contribution in [3.05, 3.63) is 52.2 Å². The Morgan fingerprint density at radius 3 is 2.78 bits per heavy atom. The number of hydrogen-bond acceptors (Lipinski definition) is 5. The Morgan fingerprint density at radius 2 is 2.11 bits per heavy atom. The van der Waals surface area contributed by atoms with Crippen LogP contribution < -0.4 is 0 Å². The van der Waals surface area contributed by atoms with Gasteiger partial charge in [-0.2, -0.15) is 0 Å². The van der Waals surface area contributed by atoms with Crippen LogP contribution in [-0.4, -0.2) is 15.0 Å². The monoisotopic (exact) mass is 262 g/mol. The second-order valence-corrected chi connectivity index (χ2v) is 4.70. The molecule has 2 rings (SSSR count). The van der Waals surface area contributed by atoms with E-state index in [1.54, 1.807) is 37.3 Å². The summed E-state index contributed by atoms with van der Waals surface area (Å²) in [5.41, 5.74) is 0.678. The summed E-state index contributed by atoms with van der Waals surface area (Å²) >= 11 is 1.16. The molecule has 0 saturated carbocycles. The van der Waals surface area contributed by atoms with Crippen LogP contribution in [0, 0.1) is 17.0 Å². The smallest absolute Gasteiger partial charge is 0.301 e. The van der Waals surface area contributed by atoms with Crippen LogP contribution in [0.25, 0.3) is 0 Å². The molecule has 0 bridgehead atoms. The van der Waals surface area contributed by atoms with Crippen molar-refractivity contribution in [1.82, 2.24) is 4.98 Å². The number of benzene rings is 1. The number of phenolic OH excluding ortho intramolecular Hbond substituents is 1. The largest absolute Gasteiger partial charge is 0.508 e. The van der Waals surface area contributed by atoms with Gasteiger partial charge in [0.1, 0.15) is 5.75 Å². The maximum absolute atomic E-state index is 10.9. The summed E-state index contributed by atoms with van der Waals surface area (Å²) in [5.74, 6) is 0.121. The van der Waals surface area contributed by atoms with E-state index in [1.807, 2.05) is 0 Å². The zero-order valence-electron chi connectivity index (χ0n) is 9.53. The molecule has 0 aliphatic heterocycles. The quantitative estimate of drug-likeness (QED) is 0.679. The third-order valence-corrected chi connectivity index (χ3v) is 3.19. The highest BCUT2D eigenvalue weighted by atomic mass is 32.2. The van der Waals surface area contributed by atoms with Gasteiger partial charge in [-0.15, -0.1) is 0 Å². The van der Waals surface area contributed by atoms with Crippen LogP contribution in [0.1, 0.15) is 5.69 Å². The van der Waals surface area contributed by atoms with Gasteiger partial charge in [0, 0.05) is 16.7 Å². The Morgan fingerprint density at radius 1 is 1.33 bits per heavy atom. The third-order valence-electron chi connectivity index (χ3n) is 2.21. The predicted octanol–water partition coefficient (Wildman–Crippen LogP) is 3.16. The molecule has 0 saturated heterocycles. The minimum absolute atomic E-state index is 0.0334. The van der Waals surface area contributed by atoms with E-state index >= 15 is 0 Å². The molecule has 0 spiro atoms. The van der Waals surface area contributed by atoms with Crippen molar-refractivity contribution < 1.29 is 10.0 Å². The van der Waals surface area contributed by atoms with Crippen LogP contribution in [-0.2, 0) is 0 Å². The highest BCUT2D eigenvalue weighted by Gasteiger charge is 2.16. The third kappa shape index (κ3) is 2.78. The van der Waals surface area contributed by atoms with Crippen molar-refractivity contribution in [3.8, 4) is 5.75 Å². The summed E-state index contributed by atoms with van der Waals surface area (Å²) in [5, 5.41) is 20.6. The standard InChI is InChI=1S/C12H10N2O3S/c1-8-5-6-11(14(16)17)12(13-8)18-10-4-2-3-9(15)7-10/h2-7,15H,1H3. The Hall–Kier alpha value is -2.08. The summed E-state index contributed by atoms with van der Waals surface area (Å²) in [6.07, 6.45) is 0. The lowest BCUT2D eigenvalue weighted by Gasteiger charge is -2.03. The highest BCUT2D eigenvalue weighted by Crippen LogP contribution is 2.34. The maximum atomic E-state index is 10.9. The van der Waals surface area contributed by atoms with Crippen molar-refractivity contribution in [3.63, 3.8) is 0 Å². The Bertz CT molecular complexity index is 602. The number of nitro groups is 1. The molecule has 0 aliphatic carbocycles. The molecule has 2 aromatic rings. The summed E-state index contributed by atoms with van der Waals surface area (Å²) in [6.45, 7) is 1.77. The molecule has 0 radical (unpaired) electrons. The maximum Gasteiger partial charge on any atom is 0.301 e. The van der Waals surface area contributed by atoms with Gasteiger partial charge in [-0.3, -0.25) is 10.1 Å². The molecule has 1 heterocycles. The number of aryl methyl sites for hydroxylation is 1. The van der Waals surface area contributed by atoms with Crippen molar-refractivity contribution in [2.45, 2.75) is 16.8 Å². The van der Waals surface area contributed by atoms with Crippen molar-refractivity contribution in [1.29, 1.82) is 0 Å². The SMILES string of the molecule is Cc1ccc([N+](=O)[O-])c(Sc2cccc(O)c2)n1. The number of aromatic nitrogens is 1. The van der Waals surface area contributed by atoms with Gasteiger partial charge in [0.2, 0.25) is 0 Å². The Labute approximate surface area is 108 Å². The Balaban J connectivity index is 2.39. The molecule has 1 N–H and O–H groups in total. The zero-order chi connectivity index (χ0) is 13.1. The first-order valence-corrected chi connectivity index (χ1v) is 5.97. The van der Waals surface area contributed by atoms with E-state index in [-0.39, 0.29) is 11.4 Å². The minimum Gasteiger partial charge on any atom is -0.508 e. The first-order valence-electron chi connectivity index (χ1n) is 5.15. The fraction of sp³-hybridized carbons (Fsp3) is 0.0833.